The van der Waals surface area contributed by atoms with E-state index in [2.05, 4.69) is 0 Å². The molecule has 0 atom stereocenters. The Morgan fingerprint density at radius 1 is 0.950 bits per heavy atom. The fourth-order valence-corrected chi connectivity index (χ4v) is 2.83. The number of hydrogen-bond donors (Lipinski definition) is 0. The summed E-state index contributed by atoms with van der Waals surface area (Å²) < 4.78 is 2.01. The standard InChI is InChI=1S/C18H17NO/c1-12-7-6-8-13(2)17(12)18(20)15-11-19(3)16-10-5-4-9-14(15)16/h4-11H,1-3H3. The SMILES string of the molecule is Cc1cccc(C)c1C(=O)c1cn(C)c2ccccc12. The lowest BCUT2D eigenvalue weighted by Gasteiger charge is -2.07. The van der Waals surface area contributed by atoms with Gasteiger partial charge in [0, 0.05) is 35.3 Å². The van der Waals surface area contributed by atoms with Crippen molar-refractivity contribution in [3.05, 3.63) is 70.9 Å². The molecule has 0 unspecified atom stereocenters. The Morgan fingerprint density at radius 2 is 1.60 bits per heavy atom. The Kier molecular flexibility index (Phi) is 2.94. The van der Waals surface area contributed by atoms with Gasteiger partial charge in [-0.2, -0.15) is 0 Å². The summed E-state index contributed by atoms with van der Waals surface area (Å²) in [5.41, 5.74) is 4.75. The number of benzene rings is 2. The van der Waals surface area contributed by atoms with Gasteiger partial charge >= 0.3 is 0 Å². The lowest BCUT2D eigenvalue weighted by Crippen LogP contribution is -2.05. The summed E-state index contributed by atoms with van der Waals surface area (Å²) in [4.78, 5) is 12.9. The van der Waals surface area contributed by atoms with Crippen LogP contribution >= 0.6 is 0 Å². The first-order chi connectivity index (χ1) is 9.59. The first-order valence-corrected chi connectivity index (χ1v) is 6.74. The second-order valence-corrected chi connectivity index (χ2v) is 5.27. The molecule has 0 saturated carbocycles. The highest BCUT2D eigenvalue weighted by molar-refractivity contribution is 6.17. The van der Waals surface area contributed by atoms with Crippen molar-refractivity contribution < 1.29 is 4.79 Å². The molecule has 0 bridgehead atoms. The molecule has 100 valence electrons. The molecular weight excluding hydrogens is 246 g/mol. The van der Waals surface area contributed by atoms with Crippen LogP contribution in [-0.4, -0.2) is 10.4 Å². The Labute approximate surface area is 118 Å². The van der Waals surface area contributed by atoms with Crippen molar-refractivity contribution >= 4 is 16.7 Å². The van der Waals surface area contributed by atoms with Crippen LogP contribution in [-0.2, 0) is 7.05 Å². The summed E-state index contributed by atoms with van der Waals surface area (Å²) in [5.74, 6) is 0.109. The normalized spacial score (nSPS) is 10.9. The number of rotatable bonds is 2. The first-order valence-electron chi connectivity index (χ1n) is 6.74. The van der Waals surface area contributed by atoms with Gasteiger partial charge in [0.05, 0.1) is 0 Å². The van der Waals surface area contributed by atoms with Gasteiger partial charge in [0.15, 0.2) is 5.78 Å². The highest BCUT2D eigenvalue weighted by Gasteiger charge is 2.18. The molecule has 0 fully saturated rings. The minimum atomic E-state index is 0.109. The van der Waals surface area contributed by atoms with E-state index in [1.54, 1.807) is 0 Å². The highest BCUT2D eigenvalue weighted by atomic mass is 16.1. The molecule has 0 radical (unpaired) electrons. The average Bonchev–Trinajstić information content (AvgIpc) is 2.76. The van der Waals surface area contributed by atoms with Crippen molar-refractivity contribution in [3.8, 4) is 0 Å². The third kappa shape index (κ3) is 1.85. The largest absolute Gasteiger partial charge is 0.350 e. The summed E-state index contributed by atoms with van der Waals surface area (Å²) in [6.07, 6.45) is 1.93. The van der Waals surface area contributed by atoms with Gasteiger partial charge < -0.3 is 4.57 Å². The van der Waals surface area contributed by atoms with Crippen LogP contribution in [0.25, 0.3) is 10.9 Å². The van der Waals surface area contributed by atoms with E-state index in [9.17, 15) is 4.79 Å². The quantitative estimate of drug-likeness (QED) is 0.640. The van der Waals surface area contributed by atoms with E-state index < -0.39 is 0 Å². The first kappa shape index (κ1) is 12.7. The zero-order valence-corrected chi connectivity index (χ0v) is 12.0. The Bertz CT molecular complexity index is 791. The maximum Gasteiger partial charge on any atom is 0.195 e. The predicted octanol–water partition coefficient (Wildman–Crippen LogP) is 4.03. The van der Waals surface area contributed by atoms with Gasteiger partial charge in [-0.15, -0.1) is 0 Å². The molecule has 0 aliphatic rings. The van der Waals surface area contributed by atoms with E-state index in [0.29, 0.717) is 0 Å². The molecule has 2 nitrogen and oxygen atoms in total. The number of carbonyl (C=O) groups is 1. The van der Waals surface area contributed by atoms with Gasteiger partial charge in [-0.05, 0) is 31.0 Å². The summed E-state index contributed by atoms with van der Waals surface area (Å²) >= 11 is 0. The minimum Gasteiger partial charge on any atom is -0.350 e. The van der Waals surface area contributed by atoms with E-state index in [4.69, 9.17) is 0 Å². The van der Waals surface area contributed by atoms with Crippen LogP contribution in [0.15, 0.2) is 48.7 Å². The lowest BCUT2D eigenvalue weighted by molar-refractivity contribution is 0.103. The number of hydrogen-bond acceptors (Lipinski definition) is 1. The van der Waals surface area contributed by atoms with Crippen molar-refractivity contribution in [1.82, 2.24) is 4.57 Å². The molecule has 1 aromatic heterocycles. The van der Waals surface area contributed by atoms with Gasteiger partial charge in [0.25, 0.3) is 0 Å². The molecule has 0 aliphatic heterocycles. The molecule has 0 spiro atoms. The van der Waals surface area contributed by atoms with Crippen LogP contribution in [0.4, 0.5) is 0 Å². The second-order valence-electron chi connectivity index (χ2n) is 5.27. The van der Waals surface area contributed by atoms with E-state index in [-0.39, 0.29) is 5.78 Å². The fourth-order valence-electron chi connectivity index (χ4n) is 2.83. The Morgan fingerprint density at radius 3 is 2.30 bits per heavy atom. The minimum absolute atomic E-state index is 0.109. The predicted molar refractivity (Wildman–Crippen MR) is 82.3 cm³/mol. The Hall–Kier alpha value is -2.35. The van der Waals surface area contributed by atoms with Gasteiger partial charge in [-0.1, -0.05) is 36.4 Å². The summed E-state index contributed by atoms with van der Waals surface area (Å²) in [6.45, 7) is 3.98. The molecule has 0 N–H and O–H groups in total. The summed E-state index contributed by atoms with van der Waals surface area (Å²) in [6, 6.07) is 14.0. The number of fused-ring (bicyclic) bond motifs is 1. The molecule has 2 aromatic carbocycles. The molecular formula is C18H17NO. The van der Waals surface area contributed by atoms with E-state index >= 15 is 0 Å². The van der Waals surface area contributed by atoms with Crippen LogP contribution in [0.3, 0.4) is 0 Å². The molecule has 0 saturated heterocycles. The average molecular weight is 263 g/mol. The molecule has 0 amide bonds. The third-order valence-electron chi connectivity index (χ3n) is 3.85. The number of para-hydroxylation sites is 1. The molecule has 0 aliphatic carbocycles. The number of aromatic nitrogens is 1. The molecule has 3 aromatic rings. The van der Waals surface area contributed by atoms with Crippen LogP contribution in [0, 0.1) is 13.8 Å². The van der Waals surface area contributed by atoms with Crippen molar-refractivity contribution in [3.63, 3.8) is 0 Å². The molecule has 3 rings (SSSR count). The maximum absolute atomic E-state index is 12.9. The van der Waals surface area contributed by atoms with Crippen molar-refractivity contribution in [1.29, 1.82) is 0 Å². The number of ketones is 1. The maximum atomic E-state index is 12.9. The smallest absolute Gasteiger partial charge is 0.195 e. The van der Waals surface area contributed by atoms with Gasteiger partial charge in [0.2, 0.25) is 0 Å². The molecule has 1 heterocycles. The van der Waals surface area contributed by atoms with Gasteiger partial charge in [-0.25, -0.2) is 0 Å². The van der Waals surface area contributed by atoms with Gasteiger partial charge in [-0.3, -0.25) is 4.79 Å². The van der Waals surface area contributed by atoms with Crippen LogP contribution in [0.2, 0.25) is 0 Å². The third-order valence-corrected chi connectivity index (χ3v) is 3.85. The van der Waals surface area contributed by atoms with Crippen LogP contribution in [0.1, 0.15) is 27.0 Å². The van der Waals surface area contributed by atoms with Gasteiger partial charge in [0.1, 0.15) is 0 Å². The van der Waals surface area contributed by atoms with Crippen molar-refractivity contribution in [2.24, 2.45) is 7.05 Å². The zero-order valence-electron chi connectivity index (χ0n) is 12.0. The second kappa shape index (κ2) is 4.64. The zero-order chi connectivity index (χ0) is 14.3. The van der Waals surface area contributed by atoms with Crippen LogP contribution in [0.5, 0.6) is 0 Å². The van der Waals surface area contributed by atoms with Crippen LogP contribution < -0.4 is 0 Å². The Balaban J connectivity index is 2.24. The highest BCUT2D eigenvalue weighted by Crippen LogP contribution is 2.25. The topological polar surface area (TPSA) is 22.0 Å². The number of carbonyl (C=O) groups excluding carboxylic acids is 1. The van der Waals surface area contributed by atoms with E-state index in [1.807, 2.05) is 74.1 Å². The summed E-state index contributed by atoms with van der Waals surface area (Å²) in [5, 5.41) is 1.02. The molecule has 2 heteroatoms. The van der Waals surface area contributed by atoms with E-state index in [1.165, 1.54) is 0 Å². The summed E-state index contributed by atoms with van der Waals surface area (Å²) in [7, 11) is 1.98. The van der Waals surface area contributed by atoms with Crippen molar-refractivity contribution in [2.75, 3.05) is 0 Å². The lowest BCUT2D eigenvalue weighted by atomic mass is 9.95. The van der Waals surface area contributed by atoms with Crippen molar-refractivity contribution in [2.45, 2.75) is 13.8 Å². The number of nitrogens with zero attached hydrogens (tertiary/aromatic N) is 1. The number of aryl methyl sites for hydroxylation is 3. The monoisotopic (exact) mass is 263 g/mol. The van der Waals surface area contributed by atoms with E-state index in [0.717, 1.165) is 33.2 Å². The fraction of sp³-hybridized carbons (Fsp3) is 0.167. The molecule has 20 heavy (non-hydrogen) atoms.